The first-order valence-corrected chi connectivity index (χ1v) is 8.28. The second-order valence-electron chi connectivity index (χ2n) is 6.19. The fraction of sp³-hybridized carbons (Fsp3) is 0.350. The maximum absolute atomic E-state index is 12.4. The molecule has 26 heavy (non-hydrogen) atoms. The summed E-state index contributed by atoms with van der Waals surface area (Å²) in [6.07, 6.45) is 0.673. The van der Waals surface area contributed by atoms with E-state index in [1.165, 1.54) is 0 Å². The van der Waals surface area contributed by atoms with E-state index in [4.69, 9.17) is 15.2 Å². The van der Waals surface area contributed by atoms with E-state index >= 15 is 0 Å². The minimum absolute atomic E-state index is 0. The lowest BCUT2D eigenvalue weighted by atomic mass is 10.0. The van der Waals surface area contributed by atoms with Crippen molar-refractivity contribution in [3.05, 3.63) is 59.2 Å². The van der Waals surface area contributed by atoms with Gasteiger partial charge >= 0.3 is 0 Å². The predicted molar refractivity (Wildman–Crippen MR) is 106 cm³/mol. The first kappa shape index (κ1) is 21.8. The van der Waals surface area contributed by atoms with Crippen molar-refractivity contribution in [3.8, 4) is 11.5 Å². The van der Waals surface area contributed by atoms with Crippen LogP contribution in [-0.4, -0.2) is 26.2 Å². The molecule has 2 unspecified atom stereocenters. The lowest BCUT2D eigenvalue weighted by molar-refractivity contribution is -0.123. The van der Waals surface area contributed by atoms with E-state index in [9.17, 15) is 4.79 Å². The molecule has 6 heteroatoms. The van der Waals surface area contributed by atoms with Crippen LogP contribution >= 0.6 is 12.4 Å². The van der Waals surface area contributed by atoms with Crippen molar-refractivity contribution in [1.29, 1.82) is 0 Å². The van der Waals surface area contributed by atoms with Gasteiger partial charge in [-0.1, -0.05) is 35.9 Å². The van der Waals surface area contributed by atoms with E-state index in [-0.39, 0.29) is 24.4 Å². The average molecular weight is 379 g/mol. The number of benzene rings is 2. The third-order valence-corrected chi connectivity index (χ3v) is 4.10. The molecule has 3 N–H and O–H groups in total. The van der Waals surface area contributed by atoms with E-state index in [2.05, 4.69) is 5.32 Å². The van der Waals surface area contributed by atoms with Gasteiger partial charge in [-0.3, -0.25) is 4.79 Å². The monoisotopic (exact) mass is 378 g/mol. The number of ether oxygens (including phenoxy) is 2. The molecular formula is C20H27ClN2O3. The number of methoxy groups -OCH3 is 2. The standard InChI is InChI=1S/C20H26N2O3.ClH/c1-13-5-8-16(9-6-13)19(21)20(23)22-14(2)11-15-7-10-17(24-3)18(12-15)25-4;/h5-10,12,14,19H,11,21H2,1-4H3,(H,22,23);1H. The molecule has 5 nitrogen and oxygen atoms in total. The summed E-state index contributed by atoms with van der Waals surface area (Å²) in [6, 6.07) is 12.7. The highest BCUT2D eigenvalue weighted by atomic mass is 35.5. The Labute approximate surface area is 161 Å². The number of nitrogens with one attached hydrogen (secondary N) is 1. The molecule has 0 saturated heterocycles. The van der Waals surface area contributed by atoms with Crippen LogP contribution in [0.25, 0.3) is 0 Å². The van der Waals surface area contributed by atoms with Gasteiger partial charge in [0.05, 0.1) is 14.2 Å². The Balaban J connectivity index is 0.00000338. The van der Waals surface area contributed by atoms with Gasteiger partial charge in [0, 0.05) is 6.04 Å². The smallest absolute Gasteiger partial charge is 0.241 e. The molecule has 0 fully saturated rings. The van der Waals surface area contributed by atoms with Crippen molar-refractivity contribution in [2.24, 2.45) is 5.73 Å². The molecule has 2 rings (SSSR count). The van der Waals surface area contributed by atoms with E-state index in [1.807, 2.05) is 56.3 Å². The van der Waals surface area contributed by atoms with Gasteiger partial charge in [-0.25, -0.2) is 0 Å². The molecule has 0 saturated carbocycles. The largest absolute Gasteiger partial charge is 0.493 e. The number of rotatable bonds is 7. The number of aryl methyl sites for hydroxylation is 1. The normalized spacial score (nSPS) is 12.5. The number of amides is 1. The molecule has 0 bridgehead atoms. The maximum atomic E-state index is 12.4. The molecule has 142 valence electrons. The van der Waals surface area contributed by atoms with Crippen LogP contribution in [0.3, 0.4) is 0 Å². The zero-order valence-electron chi connectivity index (χ0n) is 15.6. The molecular weight excluding hydrogens is 352 g/mol. The second-order valence-corrected chi connectivity index (χ2v) is 6.19. The van der Waals surface area contributed by atoms with Gasteiger partial charge in [0.1, 0.15) is 6.04 Å². The van der Waals surface area contributed by atoms with Crippen LogP contribution in [-0.2, 0) is 11.2 Å². The van der Waals surface area contributed by atoms with Crippen LogP contribution in [0.15, 0.2) is 42.5 Å². The Bertz CT molecular complexity index is 719. The van der Waals surface area contributed by atoms with E-state index in [0.717, 1.165) is 16.7 Å². The Kier molecular flexibility index (Phi) is 8.42. The van der Waals surface area contributed by atoms with Crippen molar-refractivity contribution in [2.75, 3.05) is 14.2 Å². The zero-order chi connectivity index (χ0) is 18.4. The highest BCUT2D eigenvalue weighted by Crippen LogP contribution is 2.28. The minimum atomic E-state index is -0.673. The number of carbonyl (C=O) groups is 1. The van der Waals surface area contributed by atoms with Gasteiger partial charge in [-0.05, 0) is 43.5 Å². The summed E-state index contributed by atoms with van der Waals surface area (Å²) in [5.74, 6) is 1.18. The van der Waals surface area contributed by atoms with Gasteiger partial charge < -0.3 is 20.5 Å². The third kappa shape index (κ3) is 5.64. The second kappa shape index (κ2) is 10.0. The summed E-state index contributed by atoms with van der Waals surface area (Å²) in [5.41, 5.74) is 9.06. The van der Waals surface area contributed by atoms with Crippen molar-refractivity contribution in [1.82, 2.24) is 5.32 Å². The lowest BCUT2D eigenvalue weighted by Crippen LogP contribution is -2.40. The number of hydrogen-bond donors (Lipinski definition) is 2. The Morgan fingerprint density at radius 1 is 1.08 bits per heavy atom. The fourth-order valence-corrected chi connectivity index (χ4v) is 2.67. The molecule has 0 aliphatic carbocycles. The SMILES string of the molecule is COc1ccc(CC(C)NC(=O)C(N)c2ccc(C)cc2)cc1OC.Cl. The van der Waals surface area contributed by atoms with Crippen molar-refractivity contribution in [3.63, 3.8) is 0 Å². The molecule has 0 heterocycles. The summed E-state index contributed by atoms with van der Waals surface area (Å²) < 4.78 is 10.6. The van der Waals surface area contributed by atoms with E-state index < -0.39 is 6.04 Å². The quantitative estimate of drug-likeness (QED) is 0.776. The van der Waals surface area contributed by atoms with Crippen LogP contribution < -0.4 is 20.5 Å². The topological polar surface area (TPSA) is 73.6 Å². The van der Waals surface area contributed by atoms with Gasteiger partial charge in [-0.2, -0.15) is 0 Å². The molecule has 0 spiro atoms. The zero-order valence-corrected chi connectivity index (χ0v) is 16.4. The maximum Gasteiger partial charge on any atom is 0.241 e. The average Bonchev–Trinajstić information content (AvgIpc) is 2.61. The summed E-state index contributed by atoms with van der Waals surface area (Å²) in [5, 5.41) is 2.97. The number of halogens is 1. The molecule has 2 atom stereocenters. The van der Waals surface area contributed by atoms with Crippen molar-refractivity contribution >= 4 is 18.3 Å². The van der Waals surface area contributed by atoms with Crippen molar-refractivity contribution in [2.45, 2.75) is 32.4 Å². The summed E-state index contributed by atoms with van der Waals surface area (Å²) in [6.45, 7) is 3.96. The summed E-state index contributed by atoms with van der Waals surface area (Å²) in [7, 11) is 3.21. The number of nitrogens with two attached hydrogens (primary N) is 1. The molecule has 2 aromatic rings. The first-order chi connectivity index (χ1) is 11.9. The van der Waals surface area contributed by atoms with Crippen LogP contribution in [0, 0.1) is 6.92 Å². The molecule has 0 radical (unpaired) electrons. The highest BCUT2D eigenvalue weighted by Gasteiger charge is 2.18. The van der Waals surface area contributed by atoms with Crippen LogP contribution in [0.2, 0.25) is 0 Å². The Morgan fingerprint density at radius 2 is 1.69 bits per heavy atom. The van der Waals surface area contributed by atoms with Crippen LogP contribution in [0.4, 0.5) is 0 Å². The minimum Gasteiger partial charge on any atom is -0.493 e. The summed E-state index contributed by atoms with van der Waals surface area (Å²) in [4.78, 5) is 12.4. The summed E-state index contributed by atoms with van der Waals surface area (Å²) >= 11 is 0. The highest BCUT2D eigenvalue weighted by molar-refractivity contribution is 5.85. The van der Waals surface area contributed by atoms with Gasteiger partial charge in [0.15, 0.2) is 11.5 Å². The molecule has 0 aromatic heterocycles. The molecule has 1 amide bonds. The fourth-order valence-electron chi connectivity index (χ4n) is 2.67. The predicted octanol–water partition coefficient (Wildman–Crippen LogP) is 3.18. The molecule has 0 aliphatic rings. The van der Waals surface area contributed by atoms with E-state index in [1.54, 1.807) is 14.2 Å². The van der Waals surface area contributed by atoms with Gasteiger partial charge in [0.2, 0.25) is 5.91 Å². The van der Waals surface area contributed by atoms with Crippen LogP contribution in [0.1, 0.15) is 29.7 Å². The van der Waals surface area contributed by atoms with Gasteiger partial charge in [-0.15, -0.1) is 12.4 Å². The lowest BCUT2D eigenvalue weighted by Gasteiger charge is -2.18. The molecule has 2 aromatic carbocycles. The molecule has 0 aliphatic heterocycles. The number of hydrogen-bond acceptors (Lipinski definition) is 4. The van der Waals surface area contributed by atoms with E-state index in [0.29, 0.717) is 17.9 Å². The van der Waals surface area contributed by atoms with Gasteiger partial charge in [0.25, 0.3) is 0 Å². The Hall–Kier alpha value is -2.24. The Morgan fingerprint density at radius 3 is 2.27 bits per heavy atom. The van der Waals surface area contributed by atoms with Crippen LogP contribution in [0.5, 0.6) is 11.5 Å². The van der Waals surface area contributed by atoms with Crippen molar-refractivity contribution < 1.29 is 14.3 Å². The number of carbonyl (C=O) groups excluding carboxylic acids is 1. The third-order valence-electron chi connectivity index (χ3n) is 4.10. The first-order valence-electron chi connectivity index (χ1n) is 8.28.